The van der Waals surface area contributed by atoms with E-state index in [1.54, 1.807) is 7.11 Å². The molecule has 2 N–H and O–H groups in total. The predicted octanol–water partition coefficient (Wildman–Crippen LogP) is 3.42. The van der Waals surface area contributed by atoms with Gasteiger partial charge < -0.3 is 15.4 Å². The topological polar surface area (TPSA) is 50.4 Å². The first kappa shape index (κ1) is 16.6. The summed E-state index contributed by atoms with van der Waals surface area (Å²) in [6.07, 6.45) is 0. The Kier molecular flexibility index (Phi) is 6.06. The van der Waals surface area contributed by atoms with Crippen molar-refractivity contribution in [1.29, 1.82) is 0 Å². The van der Waals surface area contributed by atoms with E-state index in [1.807, 2.05) is 55.5 Å². The number of hydrogen-bond acceptors (Lipinski definition) is 3. The Morgan fingerprint density at radius 3 is 2.59 bits per heavy atom. The van der Waals surface area contributed by atoms with Gasteiger partial charge in [-0.05, 0) is 65.4 Å². The number of anilines is 1. The van der Waals surface area contributed by atoms with Crippen LogP contribution in [0.4, 0.5) is 5.69 Å². The van der Waals surface area contributed by atoms with Crippen LogP contribution in [-0.2, 0) is 11.3 Å². The normalized spacial score (nSPS) is 11.6. The average Bonchev–Trinajstić information content (AvgIpc) is 2.53. The summed E-state index contributed by atoms with van der Waals surface area (Å²) in [5.74, 6) is 0.776. The van der Waals surface area contributed by atoms with Gasteiger partial charge in [0.05, 0.1) is 7.11 Å². The molecule has 2 aromatic carbocycles. The molecule has 0 aliphatic rings. The number of ether oxygens (including phenoxy) is 1. The van der Waals surface area contributed by atoms with E-state index in [1.165, 1.54) is 0 Å². The molecule has 0 saturated carbocycles. The summed E-state index contributed by atoms with van der Waals surface area (Å²) in [5, 5.41) is 6.13. The van der Waals surface area contributed by atoms with Crippen LogP contribution in [0.5, 0.6) is 5.75 Å². The van der Waals surface area contributed by atoms with Gasteiger partial charge in [0.2, 0.25) is 5.91 Å². The zero-order valence-electron chi connectivity index (χ0n) is 12.6. The van der Waals surface area contributed by atoms with Crippen molar-refractivity contribution in [2.75, 3.05) is 12.4 Å². The van der Waals surface area contributed by atoms with Crippen molar-refractivity contribution >= 4 is 34.2 Å². The molecule has 22 heavy (non-hydrogen) atoms. The number of carbonyl (C=O) groups excluding carboxylic acids is 1. The van der Waals surface area contributed by atoms with Crippen LogP contribution in [0.15, 0.2) is 48.5 Å². The summed E-state index contributed by atoms with van der Waals surface area (Å²) in [4.78, 5) is 12.1. The lowest BCUT2D eigenvalue weighted by atomic mass is 10.2. The minimum Gasteiger partial charge on any atom is -0.497 e. The van der Waals surface area contributed by atoms with Gasteiger partial charge in [-0.15, -0.1) is 0 Å². The van der Waals surface area contributed by atoms with E-state index in [0.717, 1.165) is 20.6 Å². The average molecular weight is 410 g/mol. The maximum Gasteiger partial charge on any atom is 0.242 e. The highest BCUT2D eigenvalue weighted by Crippen LogP contribution is 2.14. The number of halogens is 1. The highest BCUT2D eigenvalue weighted by Gasteiger charge is 2.12. The first-order valence-corrected chi connectivity index (χ1v) is 8.09. The molecule has 4 nitrogen and oxygen atoms in total. The summed E-state index contributed by atoms with van der Waals surface area (Å²) in [6.45, 7) is 2.35. The molecule has 1 amide bonds. The summed E-state index contributed by atoms with van der Waals surface area (Å²) in [7, 11) is 1.63. The van der Waals surface area contributed by atoms with E-state index in [-0.39, 0.29) is 11.9 Å². The lowest BCUT2D eigenvalue weighted by Crippen LogP contribution is -2.37. The van der Waals surface area contributed by atoms with Gasteiger partial charge in [0.1, 0.15) is 11.8 Å². The van der Waals surface area contributed by atoms with Gasteiger partial charge in [-0.1, -0.05) is 18.2 Å². The minimum absolute atomic E-state index is 0.0327. The fourth-order valence-electron chi connectivity index (χ4n) is 1.98. The van der Waals surface area contributed by atoms with Gasteiger partial charge in [-0.3, -0.25) is 4.79 Å². The third kappa shape index (κ3) is 4.91. The lowest BCUT2D eigenvalue weighted by molar-refractivity contribution is -0.121. The van der Waals surface area contributed by atoms with Gasteiger partial charge in [0.25, 0.3) is 0 Å². The Balaban J connectivity index is 1.85. The molecule has 2 aromatic rings. The molecular formula is C17H19IN2O2. The SMILES string of the molecule is COc1ccc(CNC(=O)[C@@H](C)Nc2cccc(I)c2)cc1. The van der Waals surface area contributed by atoms with Gasteiger partial charge in [-0.25, -0.2) is 0 Å². The molecule has 1 atom stereocenters. The Hall–Kier alpha value is -1.76. The molecule has 0 spiro atoms. The van der Waals surface area contributed by atoms with E-state index < -0.39 is 0 Å². The van der Waals surface area contributed by atoms with Gasteiger partial charge in [0.15, 0.2) is 0 Å². The molecule has 0 saturated heterocycles. The lowest BCUT2D eigenvalue weighted by Gasteiger charge is -2.15. The first-order valence-electron chi connectivity index (χ1n) is 7.01. The molecule has 5 heteroatoms. The number of methoxy groups -OCH3 is 1. The summed E-state index contributed by atoms with van der Waals surface area (Å²) < 4.78 is 6.24. The van der Waals surface area contributed by atoms with E-state index in [9.17, 15) is 4.79 Å². The van der Waals surface area contributed by atoms with Crippen molar-refractivity contribution < 1.29 is 9.53 Å². The zero-order valence-corrected chi connectivity index (χ0v) is 14.8. The molecular weight excluding hydrogens is 391 g/mol. The molecule has 0 aliphatic carbocycles. The molecule has 0 aliphatic heterocycles. The second-order valence-corrected chi connectivity index (χ2v) is 6.19. The van der Waals surface area contributed by atoms with Crippen LogP contribution < -0.4 is 15.4 Å². The van der Waals surface area contributed by atoms with Crippen LogP contribution in [0.1, 0.15) is 12.5 Å². The van der Waals surface area contributed by atoms with Crippen LogP contribution >= 0.6 is 22.6 Å². The summed E-state index contributed by atoms with van der Waals surface area (Å²) in [5.41, 5.74) is 1.98. The molecule has 0 unspecified atom stereocenters. The maximum absolute atomic E-state index is 12.1. The van der Waals surface area contributed by atoms with E-state index >= 15 is 0 Å². The monoisotopic (exact) mass is 410 g/mol. The van der Waals surface area contributed by atoms with Crippen molar-refractivity contribution in [2.45, 2.75) is 19.5 Å². The molecule has 116 valence electrons. The fraction of sp³-hybridized carbons (Fsp3) is 0.235. The van der Waals surface area contributed by atoms with Crippen molar-refractivity contribution in [3.63, 3.8) is 0 Å². The van der Waals surface area contributed by atoms with Crippen LogP contribution in [0, 0.1) is 3.57 Å². The zero-order chi connectivity index (χ0) is 15.9. The van der Waals surface area contributed by atoms with E-state index in [2.05, 4.69) is 33.2 Å². The Morgan fingerprint density at radius 2 is 1.95 bits per heavy atom. The Labute approximate surface area is 144 Å². The fourth-order valence-corrected chi connectivity index (χ4v) is 2.52. The molecule has 2 rings (SSSR count). The summed E-state index contributed by atoms with van der Waals surface area (Å²) >= 11 is 2.25. The van der Waals surface area contributed by atoms with E-state index in [0.29, 0.717) is 6.54 Å². The third-order valence-electron chi connectivity index (χ3n) is 3.23. The number of benzene rings is 2. The van der Waals surface area contributed by atoms with Crippen molar-refractivity contribution in [3.05, 3.63) is 57.7 Å². The molecule has 0 aromatic heterocycles. The number of nitrogens with one attached hydrogen (secondary N) is 2. The molecule has 0 heterocycles. The highest BCUT2D eigenvalue weighted by atomic mass is 127. The standard InChI is InChI=1S/C17H19IN2O2/c1-12(20-15-5-3-4-14(18)10-15)17(21)19-11-13-6-8-16(22-2)9-7-13/h3-10,12,20H,11H2,1-2H3,(H,19,21)/t12-/m1/s1. The molecule has 0 bridgehead atoms. The largest absolute Gasteiger partial charge is 0.497 e. The Bertz CT molecular complexity index is 629. The predicted molar refractivity (Wildman–Crippen MR) is 97.1 cm³/mol. The highest BCUT2D eigenvalue weighted by molar-refractivity contribution is 14.1. The number of hydrogen-bond donors (Lipinski definition) is 2. The van der Waals surface area contributed by atoms with E-state index in [4.69, 9.17) is 4.74 Å². The molecule has 0 radical (unpaired) electrons. The second kappa shape index (κ2) is 8.03. The quantitative estimate of drug-likeness (QED) is 0.718. The minimum atomic E-state index is -0.295. The van der Waals surface area contributed by atoms with Crippen LogP contribution in [0.25, 0.3) is 0 Å². The maximum atomic E-state index is 12.1. The van der Waals surface area contributed by atoms with Gasteiger partial charge >= 0.3 is 0 Å². The molecule has 0 fully saturated rings. The van der Waals surface area contributed by atoms with Gasteiger partial charge in [0, 0.05) is 15.8 Å². The second-order valence-electron chi connectivity index (χ2n) is 4.94. The summed E-state index contributed by atoms with van der Waals surface area (Å²) in [6, 6.07) is 15.3. The smallest absolute Gasteiger partial charge is 0.242 e. The Morgan fingerprint density at radius 1 is 1.23 bits per heavy atom. The number of rotatable bonds is 6. The number of carbonyl (C=O) groups is 1. The van der Waals surface area contributed by atoms with Crippen molar-refractivity contribution in [3.8, 4) is 5.75 Å². The third-order valence-corrected chi connectivity index (χ3v) is 3.90. The van der Waals surface area contributed by atoms with Crippen molar-refractivity contribution in [1.82, 2.24) is 5.32 Å². The van der Waals surface area contributed by atoms with Crippen LogP contribution in [0.3, 0.4) is 0 Å². The number of amides is 1. The van der Waals surface area contributed by atoms with Crippen LogP contribution in [-0.4, -0.2) is 19.1 Å². The first-order chi connectivity index (χ1) is 10.6. The van der Waals surface area contributed by atoms with Crippen LogP contribution in [0.2, 0.25) is 0 Å². The van der Waals surface area contributed by atoms with Crippen molar-refractivity contribution in [2.24, 2.45) is 0 Å². The van der Waals surface area contributed by atoms with Gasteiger partial charge in [-0.2, -0.15) is 0 Å².